The van der Waals surface area contributed by atoms with Crippen molar-refractivity contribution < 1.29 is 13.9 Å². The first-order chi connectivity index (χ1) is 9.67. The first-order valence-corrected chi connectivity index (χ1v) is 5.66. The summed E-state index contributed by atoms with van der Waals surface area (Å²) < 4.78 is 23.9. The van der Waals surface area contributed by atoms with Gasteiger partial charge >= 0.3 is 0 Å². The third-order valence-corrected chi connectivity index (χ3v) is 2.52. The zero-order chi connectivity index (χ0) is 14.5. The normalized spacial score (nSPS) is 10.0. The van der Waals surface area contributed by atoms with E-state index in [4.69, 9.17) is 15.3 Å². The number of aromatic nitrogens is 2. The van der Waals surface area contributed by atoms with Crippen LogP contribution in [0.4, 0.5) is 21.8 Å². The van der Waals surface area contributed by atoms with E-state index in [1.165, 1.54) is 14.2 Å². The Kier molecular flexibility index (Phi) is 4.16. The van der Waals surface area contributed by atoms with Gasteiger partial charge in [0.05, 0.1) is 20.4 Å². The van der Waals surface area contributed by atoms with Crippen molar-refractivity contribution in [1.82, 2.24) is 9.97 Å². The minimum atomic E-state index is -0.598. The van der Waals surface area contributed by atoms with E-state index < -0.39 is 5.82 Å². The number of ether oxygens (including phenoxy) is 2. The minimum absolute atomic E-state index is 0.000157. The number of nitrogens with two attached hydrogens (primary N) is 1. The van der Waals surface area contributed by atoms with Crippen molar-refractivity contribution in [2.24, 2.45) is 5.84 Å². The van der Waals surface area contributed by atoms with Gasteiger partial charge < -0.3 is 14.8 Å². The largest absolute Gasteiger partial charge is 0.493 e. The number of nitrogens with zero attached hydrogens (tertiary/aromatic N) is 2. The Morgan fingerprint density at radius 1 is 1.20 bits per heavy atom. The molecular weight excluding hydrogens is 265 g/mol. The van der Waals surface area contributed by atoms with E-state index in [1.54, 1.807) is 18.2 Å². The van der Waals surface area contributed by atoms with Crippen molar-refractivity contribution in [3.05, 3.63) is 30.2 Å². The summed E-state index contributed by atoms with van der Waals surface area (Å²) in [6, 6.07) is 5.07. The third kappa shape index (κ3) is 2.86. The van der Waals surface area contributed by atoms with Crippen LogP contribution in [-0.4, -0.2) is 24.2 Å². The molecule has 0 spiro atoms. The quantitative estimate of drug-likeness (QED) is 0.566. The summed E-state index contributed by atoms with van der Waals surface area (Å²) in [6.45, 7) is 0. The number of nitrogens with one attached hydrogen (secondary N) is 2. The number of rotatable bonds is 5. The van der Waals surface area contributed by atoms with E-state index in [0.717, 1.165) is 6.20 Å². The molecule has 2 aromatic rings. The van der Waals surface area contributed by atoms with E-state index in [-0.39, 0.29) is 11.8 Å². The predicted octanol–water partition coefficient (Wildman–Crippen LogP) is 1.66. The van der Waals surface area contributed by atoms with E-state index in [0.29, 0.717) is 17.2 Å². The van der Waals surface area contributed by atoms with Crippen molar-refractivity contribution in [3.63, 3.8) is 0 Å². The van der Waals surface area contributed by atoms with Crippen molar-refractivity contribution in [2.45, 2.75) is 0 Å². The molecule has 0 radical (unpaired) electrons. The Labute approximate surface area is 114 Å². The van der Waals surface area contributed by atoms with Crippen LogP contribution in [0.1, 0.15) is 0 Å². The molecule has 4 N–H and O–H groups in total. The summed E-state index contributed by atoms with van der Waals surface area (Å²) in [5, 5.41) is 2.82. The maximum Gasteiger partial charge on any atom is 0.239 e. The SMILES string of the molecule is COc1ccc(Nc2nc(NN)ncc2F)cc1OC. The zero-order valence-electron chi connectivity index (χ0n) is 11.0. The van der Waals surface area contributed by atoms with Crippen molar-refractivity contribution >= 4 is 17.5 Å². The number of nitrogen functional groups attached to an aromatic ring is 1. The average Bonchev–Trinajstić information content (AvgIpc) is 2.49. The first-order valence-electron chi connectivity index (χ1n) is 5.66. The summed E-state index contributed by atoms with van der Waals surface area (Å²) in [5.41, 5.74) is 2.83. The molecule has 20 heavy (non-hydrogen) atoms. The van der Waals surface area contributed by atoms with Crippen molar-refractivity contribution in [1.29, 1.82) is 0 Å². The molecule has 0 saturated carbocycles. The number of hydrogen-bond donors (Lipinski definition) is 3. The Hall–Kier alpha value is -2.61. The fourth-order valence-electron chi connectivity index (χ4n) is 1.58. The molecule has 0 aliphatic rings. The predicted molar refractivity (Wildman–Crippen MR) is 72.6 cm³/mol. The van der Waals surface area contributed by atoms with Crippen LogP contribution in [0.25, 0.3) is 0 Å². The fraction of sp³-hybridized carbons (Fsp3) is 0.167. The highest BCUT2D eigenvalue weighted by Crippen LogP contribution is 2.31. The summed E-state index contributed by atoms with van der Waals surface area (Å²) in [7, 11) is 3.05. The second kappa shape index (κ2) is 6.02. The van der Waals surface area contributed by atoms with E-state index >= 15 is 0 Å². The van der Waals surface area contributed by atoms with Gasteiger partial charge in [-0.15, -0.1) is 0 Å². The lowest BCUT2D eigenvalue weighted by molar-refractivity contribution is 0.355. The van der Waals surface area contributed by atoms with Gasteiger partial charge in [-0.25, -0.2) is 15.2 Å². The molecule has 0 aliphatic heterocycles. The molecule has 0 aliphatic carbocycles. The zero-order valence-corrected chi connectivity index (χ0v) is 11.0. The molecule has 0 amide bonds. The molecule has 2 rings (SSSR count). The number of benzene rings is 1. The van der Waals surface area contributed by atoms with Crippen LogP contribution in [0.3, 0.4) is 0 Å². The second-order valence-electron chi connectivity index (χ2n) is 3.73. The Balaban J connectivity index is 2.30. The summed E-state index contributed by atoms with van der Waals surface area (Å²) in [5.74, 6) is 5.78. The molecule has 0 atom stereocenters. The summed E-state index contributed by atoms with van der Waals surface area (Å²) in [4.78, 5) is 7.53. The number of methoxy groups -OCH3 is 2. The minimum Gasteiger partial charge on any atom is -0.493 e. The van der Waals surface area contributed by atoms with Crippen LogP contribution in [0.2, 0.25) is 0 Å². The molecular formula is C12H14FN5O2. The van der Waals surface area contributed by atoms with Gasteiger partial charge in [-0.05, 0) is 12.1 Å². The van der Waals surface area contributed by atoms with Crippen LogP contribution in [0.5, 0.6) is 11.5 Å². The van der Waals surface area contributed by atoms with E-state index in [1.807, 2.05) is 0 Å². The lowest BCUT2D eigenvalue weighted by Crippen LogP contribution is -2.12. The van der Waals surface area contributed by atoms with Gasteiger partial charge in [0, 0.05) is 11.8 Å². The molecule has 1 heterocycles. The highest BCUT2D eigenvalue weighted by atomic mass is 19.1. The van der Waals surface area contributed by atoms with Gasteiger partial charge in [0.15, 0.2) is 23.1 Å². The molecule has 0 fully saturated rings. The summed E-state index contributed by atoms with van der Waals surface area (Å²) in [6.07, 6.45) is 1.02. The van der Waals surface area contributed by atoms with Crippen LogP contribution < -0.4 is 26.1 Å². The summed E-state index contributed by atoms with van der Waals surface area (Å²) >= 11 is 0. The Morgan fingerprint density at radius 2 is 1.95 bits per heavy atom. The van der Waals surface area contributed by atoms with Crippen LogP contribution in [0, 0.1) is 5.82 Å². The maximum absolute atomic E-state index is 13.6. The molecule has 0 bridgehead atoms. The molecule has 0 saturated heterocycles. The molecule has 0 unspecified atom stereocenters. The van der Waals surface area contributed by atoms with Gasteiger partial charge in [-0.1, -0.05) is 0 Å². The van der Waals surface area contributed by atoms with Gasteiger partial charge in [-0.3, -0.25) is 5.43 Å². The topological polar surface area (TPSA) is 94.3 Å². The molecule has 1 aromatic carbocycles. The van der Waals surface area contributed by atoms with Crippen LogP contribution in [0.15, 0.2) is 24.4 Å². The standard InChI is InChI=1S/C12H14FN5O2/c1-19-9-4-3-7(5-10(9)20-2)16-11-8(13)6-15-12(17-11)18-14/h3-6H,14H2,1-2H3,(H2,15,16,17,18). The Bertz CT molecular complexity index is 608. The van der Waals surface area contributed by atoms with Crippen molar-refractivity contribution in [2.75, 3.05) is 25.0 Å². The molecule has 8 heteroatoms. The average molecular weight is 279 g/mol. The highest BCUT2D eigenvalue weighted by molar-refractivity contribution is 5.62. The fourth-order valence-corrected chi connectivity index (χ4v) is 1.58. The lowest BCUT2D eigenvalue weighted by atomic mass is 10.2. The van der Waals surface area contributed by atoms with E-state index in [9.17, 15) is 4.39 Å². The van der Waals surface area contributed by atoms with Crippen molar-refractivity contribution in [3.8, 4) is 11.5 Å². The monoisotopic (exact) mass is 279 g/mol. The molecule has 7 nitrogen and oxygen atoms in total. The Morgan fingerprint density at radius 3 is 2.60 bits per heavy atom. The first kappa shape index (κ1) is 13.8. The van der Waals surface area contributed by atoms with Gasteiger partial charge in [0.1, 0.15) is 0 Å². The van der Waals surface area contributed by atoms with Gasteiger partial charge in [0.25, 0.3) is 0 Å². The smallest absolute Gasteiger partial charge is 0.239 e. The number of anilines is 3. The molecule has 1 aromatic heterocycles. The number of hydrogen-bond acceptors (Lipinski definition) is 7. The maximum atomic E-state index is 13.6. The van der Waals surface area contributed by atoms with Crippen LogP contribution in [-0.2, 0) is 0 Å². The second-order valence-corrected chi connectivity index (χ2v) is 3.73. The molecule has 106 valence electrons. The lowest BCUT2D eigenvalue weighted by Gasteiger charge is -2.11. The highest BCUT2D eigenvalue weighted by Gasteiger charge is 2.09. The third-order valence-electron chi connectivity index (χ3n) is 2.52. The van der Waals surface area contributed by atoms with Gasteiger partial charge in [0.2, 0.25) is 5.95 Å². The van der Waals surface area contributed by atoms with Gasteiger partial charge in [-0.2, -0.15) is 4.98 Å². The van der Waals surface area contributed by atoms with E-state index in [2.05, 4.69) is 20.7 Å². The number of halogens is 1. The van der Waals surface area contributed by atoms with Crippen LogP contribution >= 0.6 is 0 Å². The number of hydrazine groups is 1.